The predicted molar refractivity (Wildman–Crippen MR) is 109 cm³/mol. The lowest BCUT2D eigenvalue weighted by Crippen LogP contribution is -2.42. The summed E-state index contributed by atoms with van der Waals surface area (Å²) < 4.78 is 69.7. The van der Waals surface area contributed by atoms with Gasteiger partial charge in [0, 0.05) is 18.7 Å². The van der Waals surface area contributed by atoms with Gasteiger partial charge >= 0.3 is 6.18 Å². The normalized spacial score (nSPS) is 17.0. The van der Waals surface area contributed by atoms with Crippen molar-refractivity contribution in [2.75, 3.05) is 45.2 Å². The number of hydrogen-bond donors (Lipinski definition) is 0. The van der Waals surface area contributed by atoms with Gasteiger partial charge in [0.15, 0.2) is 0 Å². The number of likely N-dealkylation sites (N-methyl/N-ethyl adjacent to an activating group) is 1. The molecule has 0 saturated carbocycles. The molecule has 5 nitrogen and oxygen atoms in total. The van der Waals surface area contributed by atoms with E-state index in [4.69, 9.17) is 0 Å². The molecule has 9 heteroatoms. The summed E-state index contributed by atoms with van der Waals surface area (Å²) in [7, 11) is 0.112. The second kappa shape index (κ2) is 9.36. The van der Waals surface area contributed by atoms with Crippen molar-refractivity contribution >= 4 is 15.8 Å². The lowest BCUT2D eigenvalue weighted by Gasteiger charge is -2.28. The quantitative estimate of drug-likeness (QED) is 0.521. The third-order valence-electron chi connectivity index (χ3n) is 5.04. The van der Waals surface area contributed by atoms with Gasteiger partial charge in [-0.1, -0.05) is 17.7 Å². The van der Waals surface area contributed by atoms with E-state index in [1.165, 1.54) is 24.3 Å². The summed E-state index contributed by atoms with van der Waals surface area (Å²) in [5.74, 6) is 0. The number of quaternary nitrogens is 1. The second-order valence-corrected chi connectivity index (χ2v) is 9.42. The maximum Gasteiger partial charge on any atom is 0.416 e. The number of aryl methyl sites for hydroxylation is 1. The molecule has 1 saturated heterocycles. The Morgan fingerprint density at radius 1 is 0.933 bits per heavy atom. The van der Waals surface area contributed by atoms with Crippen LogP contribution in [0.1, 0.15) is 17.5 Å². The molecular weight excluding hydrogens is 417 g/mol. The Balaban J connectivity index is 0.000000248. The van der Waals surface area contributed by atoms with Crippen molar-refractivity contribution in [3.05, 3.63) is 59.7 Å². The van der Waals surface area contributed by atoms with E-state index < -0.39 is 21.9 Å². The second-order valence-electron chi connectivity index (χ2n) is 8.04. The Hall–Kier alpha value is -2.10. The molecule has 0 amide bonds. The molecule has 1 aliphatic rings. The minimum absolute atomic E-state index is 0.178. The van der Waals surface area contributed by atoms with Gasteiger partial charge in [-0.05, 0) is 43.3 Å². The molecule has 30 heavy (non-hydrogen) atoms. The molecule has 0 atom stereocenters. The molecule has 0 N–H and O–H groups in total. The highest BCUT2D eigenvalue weighted by molar-refractivity contribution is 7.85. The molecule has 0 aromatic heterocycles. The van der Waals surface area contributed by atoms with Gasteiger partial charge < -0.3 is 13.9 Å². The van der Waals surface area contributed by atoms with Gasteiger partial charge in [-0.15, -0.1) is 0 Å². The molecule has 0 radical (unpaired) electrons. The summed E-state index contributed by atoms with van der Waals surface area (Å²) >= 11 is 0. The molecule has 166 valence electrons. The van der Waals surface area contributed by atoms with E-state index >= 15 is 0 Å². The van der Waals surface area contributed by atoms with Crippen molar-refractivity contribution in [1.82, 2.24) is 0 Å². The number of halogens is 3. The molecular formula is C21H27F3N2O3S. The van der Waals surface area contributed by atoms with Crippen molar-refractivity contribution in [2.24, 2.45) is 0 Å². The Kier molecular flexibility index (Phi) is 7.54. The first-order valence-corrected chi connectivity index (χ1v) is 11.0. The van der Waals surface area contributed by atoms with Crippen LogP contribution in [0.5, 0.6) is 0 Å². The maximum absolute atomic E-state index is 12.5. The van der Waals surface area contributed by atoms with Crippen LogP contribution in [0.3, 0.4) is 0 Å². The highest BCUT2D eigenvalue weighted by Gasteiger charge is 2.30. The average molecular weight is 445 g/mol. The van der Waals surface area contributed by atoms with E-state index in [2.05, 4.69) is 19.0 Å². The largest absolute Gasteiger partial charge is 0.744 e. The third kappa shape index (κ3) is 7.30. The summed E-state index contributed by atoms with van der Waals surface area (Å²) in [6.07, 6.45) is -3.19. The number of nitrogens with zero attached hydrogens (tertiary/aromatic N) is 2. The Morgan fingerprint density at radius 2 is 1.50 bits per heavy atom. The Labute approximate surface area is 176 Å². The zero-order chi connectivity index (χ0) is 22.6. The summed E-state index contributed by atoms with van der Waals surface area (Å²) in [6, 6.07) is 11.3. The lowest BCUT2D eigenvalue weighted by molar-refractivity contribution is -0.887. The van der Waals surface area contributed by atoms with Crippen LogP contribution >= 0.6 is 0 Å². The first-order chi connectivity index (χ1) is 13.8. The standard InChI is InChI=1S/C14H20F3N2.C7H8O3S/c1-19(2)10-3-8-18(9-11-19)13-6-4-12(5-7-13)14(15,16)17;1-6-2-4-7(5-3-6)11(8,9)10/h4-7H,3,8-11H2,1-2H3;2-5H,1H3,(H,8,9,10)/q+1;/p-1. The Bertz CT molecular complexity index is 925. The summed E-state index contributed by atoms with van der Waals surface area (Å²) in [4.78, 5) is 2.00. The van der Waals surface area contributed by atoms with Crippen LogP contribution in [-0.2, 0) is 16.3 Å². The fraction of sp³-hybridized carbons (Fsp3) is 0.429. The van der Waals surface area contributed by atoms with Crippen LogP contribution in [-0.4, -0.2) is 57.7 Å². The summed E-state index contributed by atoms with van der Waals surface area (Å²) in [5, 5.41) is 0. The molecule has 0 spiro atoms. The topological polar surface area (TPSA) is 60.4 Å². The van der Waals surface area contributed by atoms with Crippen LogP contribution in [0.4, 0.5) is 18.9 Å². The van der Waals surface area contributed by atoms with Gasteiger partial charge in [-0.3, -0.25) is 0 Å². The molecule has 0 bridgehead atoms. The molecule has 2 aromatic rings. The third-order valence-corrected chi connectivity index (χ3v) is 5.89. The molecule has 1 aliphatic heterocycles. The minimum Gasteiger partial charge on any atom is -0.744 e. The monoisotopic (exact) mass is 444 g/mol. The highest BCUT2D eigenvalue weighted by atomic mass is 32.2. The van der Waals surface area contributed by atoms with Gasteiger partial charge in [0.05, 0.1) is 44.2 Å². The molecule has 0 aliphatic carbocycles. The van der Waals surface area contributed by atoms with Crippen molar-refractivity contribution in [2.45, 2.75) is 24.4 Å². The van der Waals surface area contributed by atoms with E-state index in [9.17, 15) is 26.1 Å². The Morgan fingerprint density at radius 3 is 2.00 bits per heavy atom. The van der Waals surface area contributed by atoms with E-state index in [1.54, 1.807) is 24.3 Å². The van der Waals surface area contributed by atoms with Gasteiger partial charge in [-0.2, -0.15) is 13.2 Å². The zero-order valence-corrected chi connectivity index (χ0v) is 18.1. The van der Waals surface area contributed by atoms with E-state index in [1.807, 2.05) is 6.92 Å². The van der Waals surface area contributed by atoms with Gasteiger partial charge in [-0.25, -0.2) is 8.42 Å². The number of hydrogen-bond acceptors (Lipinski definition) is 4. The van der Waals surface area contributed by atoms with Crippen molar-refractivity contribution in [3.63, 3.8) is 0 Å². The summed E-state index contributed by atoms with van der Waals surface area (Å²) in [6.45, 7) is 5.74. The van der Waals surface area contributed by atoms with Crippen LogP contribution in [0.25, 0.3) is 0 Å². The smallest absolute Gasteiger partial charge is 0.416 e. The van der Waals surface area contributed by atoms with Crippen LogP contribution < -0.4 is 4.90 Å². The summed E-state index contributed by atoms with van der Waals surface area (Å²) in [5.41, 5.74) is 1.23. The van der Waals surface area contributed by atoms with E-state index in [0.29, 0.717) is 0 Å². The fourth-order valence-electron chi connectivity index (χ4n) is 3.13. The van der Waals surface area contributed by atoms with E-state index in [0.717, 1.165) is 48.3 Å². The minimum atomic E-state index is -4.27. The molecule has 3 rings (SSSR count). The number of anilines is 1. The van der Waals surface area contributed by atoms with E-state index in [-0.39, 0.29) is 4.90 Å². The SMILES string of the molecule is C[N+]1(C)CCCN(c2ccc(C(F)(F)F)cc2)CC1.Cc1ccc(S(=O)(=O)[O-])cc1. The van der Waals surface area contributed by atoms with Crippen LogP contribution in [0.2, 0.25) is 0 Å². The van der Waals surface area contributed by atoms with Crippen LogP contribution in [0, 0.1) is 6.92 Å². The molecule has 1 heterocycles. The highest BCUT2D eigenvalue weighted by Crippen LogP contribution is 2.30. The number of benzene rings is 2. The van der Waals surface area contributed by atoms with Crippen LogP contribution in [0.15, 0.2) is 53.4 Å². The number of alkyl halides is 3. The molecule has 2 aromatic carbocycles. The average Bonchev–Trinajstić information content (AvgIpc) is 2.82. The van der Waals surface area contributed by atoms with Crippen molar-refractivity contribution in [3.8, 4) is 0 Å². The van der Waals surface area contributed by atoms with Gasteiger partial charge in [0.25, 0.3) is 0 Å². The van der Waals surface area contributed by atoms with Crippen molar-refractivity contribution in [1.29, 1.82) is 0 Å². The fourth-order valence-corrected chi connectivity index (χ4v) is 3.60. The first kappa shape index (κ1) is 24.2. The first-order valence-electron chi connectivity index (χ1n) is 9.55. The van der Waals surface area contributed by atoms with Gasteiger partial charge in [0.2, 0.25) is 0 Å². The van der Waals surface area contributed by atoms with Gasteiger partial charge in [0.1, 0.15) is 10.1 Å². The molecule has 1 fully saturated rings. The molecule has 0 unspecified atom stereocenters. The zero-order valence-electron chi connectivity index (χ0n) is 17.3. The van der Waals surface area contributed by atoms with Crippen molar-refractivity contribution < 1.29 is 30.6 Å². The number of rotatable bonds is 2. The lowest BCUT2D eigenvalue weighted by atomic mass is 10.2. The maximum atomic E-state index is 12.5. The predicted octanol–water partition coefficient (Wildman–Crippen LogP) is 3.89.